The Balaban J connectivity index is 0.000000224. The summed E-state index contributed by atoms with van der Waals surface area (Å²) >= 11 is 1.95. The molecule has 0 heterocycles. The molecule has 5 rings (SSSR count). The van der Waals surface area contributed by atoms with Crippen molar-refractivity contribution in [3.63, 3.8) is 0 Å². The molecule has 0 nitrogen and oxygen atoms in total. The Labute approximate surface area is 229 Å². The normalized spacial score (nSPS) is 19.1. The van der Waals surface area contributed by atoms with Crippen molar-refractivity contribution >= 4 is 16.2 Å². The number of benzene rings is 1. The van der Waals surface area contributed by atoms with Crippen molar-refractivity contribution in [2.24, 2.45) is 0 Å². The van der Waals surface area contributed by atoms with Crippen LogP contribution < -0.4 is 24.8 Å². The number of hydrogen-bond donors (Lipinski definition) is 0. The van der Waals surface area contributed by atoms with E-state index in [1.807, 2.05) is 23.3 Å². The van der Waals surface area contributed by atoms with Crippen LogP contribution in [0, 0.1) is 20.8 Å². The number of halogens is 2. The summed E-state index contributed by atoms with van der Waals surface area (Å²) < 4.78 is 0. The van der Waals surface area contributed by atoms with Crippen molar-refractivity contribution in [3.8, 4) is 0 Å². The molecule has 0 spiro atoms. The average Bonchev–Trinajstić information content (AvgIpc) is 3.45. The topological polar surface area (TPSA) is 0 Å². The third kappa shape index (κ3) is 7.03. The van der Waals surface area contributed by atoms with E-state index in [1.54, 1.807) is 51.4 Å². The molecular formula is C29H39Cl2SiZr-. The molecule has 0 radical (unpaired) electrons. The van der Waals surface area contributed by atoms with Gasteiger partial charge in [0.15, 0.2) is 0 Å². The van der Waals surface area contributed by atoms with E-state index < -0.39 is 0 Å². The van der Waals surface area contributed by atoms with Crippen molar-refractivity contribution < 1.29 is 48.1 Å². The molecule has 3 aliphatic rings. The molecule has 2 aromatic carbocycles. The fourth-order valence-electron chi connectivity index (χ4n) is 6.08. The van der Waals surface area contributed by atoms with Gasteiger partial charge >= 0.3 is 104 Å². The summed E-state index contributed by atoms with van der Waals surface area (Å²) in [5.74, 6) is 0.466. The summed E-state index contributed by atoms with van der Waals surface area (Å²) in [5.41, 5.74) is 8.24. The minimum atomic E-state index is 0. The first-order valence-electron chi connectivity index (χ1n) is 12.7. The number of fused-ring (bicyclic) bond motifs is 1. The third-order valence-corrected chi connectivity index (χ3v) is 16.8. The predicted octanol–water partition coefficient (Wildman–Crippen LogP) is 2.89. The molecule has 2 fully saturated rings. The number of aryl methyl sites for hydroxylation is 3. The molecule has 0 atom stereocenters. The van der Waals surface area contributed by atoms with Crippen LogP contribution in [0.3, 0.4) is 0 Å². The van der Waals surface area contributed by atoms with Gasteiger partial charge in [0.2, 0.25) is 0 Å². The fraction of sp³-hybridized carbons (Fsp3) is 0.552. The molecule has 0 N–H and O–H groups in total. The molecule has 2 aromatic rings. The number of allylic oxidation sites excluding steroid dienone is 4. The second kappa shape index (κ2) is 13.9. The van der Waals surface area contributed by atoms with Crippen molar-refractivity contribution in [2.45, 2.75) is 102 Å². The van der Waals surface area contributed by atoms with Gasteiger partial charge in [0.05, 0.1) is 0 Å². The molecule has 0 aromatic heterocycles. The molecule has 0 amide bonds. The first-order chi connectivity index (χ1) is 15.1. The van der Waals surface area contributed by atoms with Gasteiger partial charge in [0.1, 0.15) is 0 Å². The van der Waals surface area contributed by atoms with Crippen LogP contribution >= 0.6 is 0 Å². The SMILES string of the molecule is Cc1[cH-]c2c(C)ccc(C)c2c1C1C=CC=C1.[Cl-].[Cl-].[Zr+2]=[Si](C1CCCCC1)C1CCCCC1. The molecule has 4 heteroatoms. The Bertz CT molecular complexity index is 943. The maximum atomic E-state index is 2.34. The van der Waals surface area contributed by atoms with E-state index in [0.29, 0.717) is 5.92 Å². The zero-order chi connectivity index (χ0) is 21.8. The van der Waals surface area contributed by atoms with E-state index in [2.05, 4.69) is 63.3 Å². The number of hydrogen-bond acceptors (Lipinski definition) is 0. The summed E-state index contributed by atoms with van der Waals surface area (Å²) in [6.45, 7) is 6.65. The summed E-state index contributed by atoms with van der Waals surface area (Å²) in [5, 5.41) is 2.88. The van der Waals surface area contributed by atoms with Crippen molar-refractivity contribution in [1.82, 2.24) is 0 Å². The van der Waals surface area contributed by atoms with Crippen LogP contribution in [-0.2, 0) is 23.3 Å². The quantitative estimate of drug-likeness (QED) is 0.389. The Hall–Kier alpha value is -0.01000. The predicted molar refractivity (Wildman–Crippen MR) is 134 cm³/mol. The van der Waals surface area contributed by atoms with E-state index in [-0.39, 0.29) is 30.2 Å². The van der Waals surface area contributed by atoms with E-state index in [9.17, 15) is 0 Å². The first kappa shape index (κ1) is 29.2. The molecule has 3 aliphatic carbocycles. The van der Waals surface area contributed by atoms with E-state index in [0.717, 1.165) is 0 Å². The van der Waals surface area contributed by atoms with Crippen LogP contribution in [-0.4, -0.2) is 5.43 Å². The Kier molecular flexibility index (Phi) is 12.3. The second-order valence-electron chi connectivity index (χ2n) is 10.1. The van der Waals surface area contributed by atoms with E-state index in [4.69, 9.17) is 0 Å². The standard InChI is InChI=1S/C17H17.C12H22Si.2ClH.Zr/c1-11-8-9-12(2)17-15(11)10-13(3)16(17)14-6-4-5-7-14;1-3-7-11(8-4-1)13-12-9-5-2-6-10-12;;;/h4-10,14H,1-3H3;11-12H,1-10H2;2*1H;/q-1;;;;+2/p-2. The molecule has 0 saturated heterocycles. The zero-order valence-electron chi connectivity index (χ0n) is 20.6. The van der Waals surface area contributed by atoms with Gasteiger partial charge in [0.25, 0.3) is 0 Å². The van der Waals surface area contributed by atoms with Gasteiger partial charge in [-0.05, 0) is 12.8 Å². The number of rotatable bonds is 3. The van der Waals surface area contributed by atoms with Crippen LogP contribution in [0.5, 0.6) is 0 Å². The van der Waals surface area contributed by atoms with Crippen molar-refractivity contribution in [1.29, 1.82) is 0 Å². The third-order valence-electron chi connectivity index (χ3n) is 7.90. The Morgan fingerprint density at radius 2 is 1.24 bits per heavy atom. The second-order valence-corrected chi connectivity index (χ2v) is 17.0. The minimum absolute atomic E-state index is 0. The van der Waals surface area contributed by atoms with Gasteiger partial charge in [-0.25, -0.2) is 0 Å². The van der Waals surface area contributed by atoms with Crippen LogP contribution in [0.4, 0.5) is 0 Å². The van der Waals surface area contributed by atoms with Crippen LogP contribution in [0.2, 0.25) is 11.1 Å². The van der Waals surface area contributed by atoms with Crippen LogP contribution in [0.15, 0.2) is 42.5 Å². The summed E-state index contributed by atoms with van der Waals surface area (Å²) in [6, 6.07) is 6.80. The molecular weight excluding hydrogens is 539 g/mol. The fourth-order valence-corrected chi connectivity index (χ4v) is 13.1. The van der Waals surface area contributed by atoms with E-state index >= 15 is 0 Å². The van der Waals surface area contributed by atoms with Crippen LogP contribution in [0.25, 0.3) is 10.8 Å². The van der Waals surface area contributed by atoms with Gasteiger partial charge in [-0.2, -0.15) is 0 Å². The summed E-state index contributed by atoms with van der Waals surface area (Å²) in [6.07, 6.45) is 24.6. The Morgan fingerprint density at radius 1 is 0.758 bits per heavy atom. The molecule has 2 saturated carbocycles. The van der Waals surface area contributed by atoms with E-state index in [1.165, 1.54) is 57.0 Å². The van der Waals surface area contributed by atoms with Gasteiger partial charge < -0.3 is 24.8 Å². The molecule has 0 bridgehead atoms. The molecule has 33 heavy (non-hydrogen) atoms. The van der Waals surface area contributed by atoms with Crippen molar-refractivity contribution in [2.75, 3.05) is 0 Å². The van der Waals surface area contributed by atoms with Gasteiger partial charge in [-0.15, -0.1) is 39.6 Å². The summed E-state index contributed by atoms with van der Waals surface area (Å²) in [7, 11) is 0. The monoisotopic (exact) mass is 575 g/mol. The van der Waals surface area contributed by atoms with Gasteiger partial charge in [-0.3, -0.25) is 0 Å². The van der Waals surface area contributed by atoms with Crippen LogP contribution in [0.1, 0.15) is 92.4 Å². The summed E-state index contributed by atoms with van der Waals surface area (Å²) in [4.78, 5) is 0. The van der Waals surface area contributed by atoms with Gasteiger partial charge in [-0.1, -0.05) is 49.8 Å². The van der Waals surface area contributed by atoms with Crippen molar-refractivity contribution in [3.05, 3.63) is 64.8 Å². The van der Waals surface area contributed by atoms with Gasteiger partial charge in [0, 0.05) is 0 Å². The first-order valence-corrected chi connectivity index (χ1v) is 18.0. The molecule has 0 unspecified atom stereocenters. The molecule has 0 aliphatic heterocycles. The zero-order valence-corrected chi connectivity index (χ0v) is 25.6. The molecule has 178 valence electrons. The maximum absolute atomic E-state index is 2.34. The average molecular weight is 578 g/mol. The Morgan fingerprint density at radius 3 is 1.76 bits per heavy atom.